The van der Waals surface area contributed by atoms with Gasteiger partial charge in [0.2, 0.25) is 5.91 Å². The largest absolute Gasteiger partial charge is 0.490 e. The van der Waals surface area contributed by atoms with Gasteiger partial charge in [0.05, 0.1) is 43.6 Å². The van der Waals surface area contributed by atoms with Crippen LogP contribution in [-0.4, -0.2) is 59.5 Å². The van der Waals surface area contributed by atoms with E-state index in [0.717, 1.165) is 55.4 Å². The minimum absolute atomic E-state index is 0.0571. The minimum Gasteiger partial charge on any atom is -0.490 e. The van der Waals surface area contributed by atoms with E-state index >= 15 is 0 Å². The SMILES string of the molecule is CCOc1ccc(C[C@H]2c3cc(OCC)c(OCC)cc3CCN2C(=O)CSc2ncnc3scc(-c4ccccc4)c23)cc1OCC. The summed E-state index contributed by atoms with van der Waals surface area (Å²) in [5.41, 5.74) is 5.50. The van der Waals surface area contributed by atoms with Crippen LogP contribution in [0.2, 0.25) is 0 Å². The van der Waals surface area contributed by atoms with E-state index in [9.17, 15) is 4.79 Å². The van der Waals surface area contributed by atoms with Gasteiger partial charge in [0.1, 0.15) is 16.2 Å². The number of carbonyl (C=O) groups excluding carboxylic acids is 1. The van der Waals surface area contributed by atoms with Gasteiger partial charge < -0.3 is 23.8 Å². The maximum Gasteiger partial charge on any atom is 0.233 e. The van der Waals surface area contributed by atoms with Gasteiger partial charge in [-0.2, -0.15) is 0 Å². The van der Waals surface area contributed by atoms with E-state index in [1.165, 1.54) is 17.3 Å². The molecule has 250 valence electrons. The second-order valence-electron chi connectivity index (χ2n) is 11.2. The molecule has 1 atom stereocenters. The van der Waals surface area contributed by atoms with E-state index in [2.05, 4.69) is 45.7 Å². The normalized spacial score (nSPS) is 14.1. The van der Waals surface area contributed by atoms with E-state index in [1.807, 2.05) is 62.9 Å². The number of rotatable bonds is 14. The first-order valence-electron chi connectivity index (χ1n) is 16.5. The number of benzene rings is 3. The molecule has 0 fully saturated rings. The zero-order chi connectivity index (χ0) is 33.5. The van der Waals surface area contributed by atoms with Gasteiger partial charge in [0, 0.05) is 17.5 Å². The third-order valence-corrected chi connectivity index (χ3v) is 10.1. The number of ether oxygens (including phenoxy) is 4. The van der Waals surface area contributed by atoms with E-state index < -0.39 is 0 Å². The summed E-state index contributed by atoms with van der Waals surface area (Å²) in [6.07, 6.45) is 2.92. The molecule has 0 bridgehead atoms. The first kappa shape index (κ1) is 33.6. The fourth-order valence-electron chi connectivity index (χ4n) is 6.21. The summed E-state index contributed by atoms with van der Waals surface area (Å²) in [5, 5.41) is 3.93. The van der Waals surface area contributed by atoms with Gasteiger partial charge in [0.15, 0.2) is 23.0 Å². The van der Waals surface area contributed by atoms with Crippen molar-refractivity contribution in [1.82, 2.24) is 14.9 Å². The van der Waals surface area contributed by atoms with Gasteiger partial charge in [-0.05, 0) is 87.1 Å². The first-order valence-corrected chi connectivity index (χ1v) is 18.4. The lowest BCUT2D eigenvalue weighted by Crippen LogP contribution is -2.42. The molecule has 8 nitrogen and oxygen atoms in total. The highest BCUT2D eigenvalue weighted by atomic mass is 32.2. The van der Waals surface area contributed by atoms with Crippen LogP contribution in [0.3, 0.4) is 0 Å². The molecule has 48 heavy (non-hydrogen) atoms. The molecule has 0 spiro atoms. The van der Waals surface area contributed by atoms with Crippen LogP contribution in [0.5, 0.6) is 23.0 Å². The van der Waals surface area contributed by atoms with Crippen molar-refractivity contribution in [2.75, 3.05) is 38.7 Å². The molecule has 2 aromatic heterocycles. The van der Waals surface area contributed by atoms with E-state index in [4.69, 9.17) is 18.9 Å². The Morgan fingerprint density at radius 1 is 0.854 bits per heavy atom. The number of thioether (sulfide) groups is 1. The smallest absolute Gasteiger partial charge is 0.233 e. The quantitative estimate of drug-likeness (QED) is 0.0853. The molecule has 0 N–H and O–H groups in total. The summed E-state index contributed by atoms with van der Waals surface area (Å²) in [6, 6.07) is 20.3. The van der Waals surface area contributed by atoms with Gasteiger partial charge in [-0.3, -0.25) is 4.79 Å². The fourth-order valence-corrected chi connectivity index (χ4v) is 8.09. The van der Waals surface area contributed by atoms with E-state index in [-0.39, 0.29) is 17.7 Å². The molecule has 3 heterocycles. The highest BCUT2D eigenvalue weighted by Crippen LogP contribution is 2.42. The lowest BCUT2D eigenvalue weighted by Gasteiger charge is -2.38. The number of amides is 1. The molecule has 0 aliphatic carbocycles. The molecular formula is C38H41N3O5S2. The van der Waals surface area contributed by atoms with Crippen molar-refractivity contribution in [2.24, 2.45) is 0 Å². The number of aromatic nitrogens is 2. The highest BCUT2D eigenvalue weighted by molar-refractivity contribution is 8.00. The molecular weight excluding hydrogens is 643 g/mol. The number of hydrogen-bond donors (Lipinski definition) is 0. The van der Waals surface area contributed by atoms with Crippen LogP contribution in [-0.2, 0) is 17.6 Å². The van der Waals surface area contributed by atoms with Crippen LogP contribution in [0.25, 0.3) is 21.3 Å². The van der Waals surface area contributed by atoms with Crippen molar-refractivity contribution in [1.29, 1.82) is 0 Å². The molecule has 6 rings (SSSR count). The monoisotopic (exact) mass is 683 g/mol. The zero-order valence-electron chi connectivity index (χ0n) is 27.9. The van der Waals surface area contributed by atoms with Gasteiger partial charge in [-0.15, -0.1) is 11.3 Å². The zero-order valence-corrected chi connectivity index (χ0v) is 29.5. The van der Waals surface area contributed by atoms with Gasteiger partial charge >= 0.3 is 0 Å². The molecule has 1 aliphatic rings. The Morgan fingerprint density at radius 2 is 1.54 bits per heavy atom. The lowest BCUT2D eigenvalue weighted by atomic mass is 9.88. The van der Waals surface area contributed by atoms with Crippen molar-refractivity contribution in [2.45, 2.75) is 51.6 Å². The summed E-state index contributed by atoms with van der Waals surface area (Å²) in [6.45, 7) is 10.6. The fraction of sp³-hybridized carbons (Fsp3) is 0.342. The maximum absolute atomic E-state index is 14.3. The number of carbonyl (C=O) groups is 1. The van der Waals surface area contributed by atoms with E-state index in [0.29, 0.717) is 50.9 Å². The summed E-state index contributed by atoms with van der Waals surface area (Å²) in [5.74, 6) is 3.18. The Kier molecular flexibility index (Phi) is 11.0. The third-order valence-electron chi connectivity index (χ3n) is 8.27. The second-order valence-corrected chi connectivity index (χ2v) is 13.1. The molecule has 0 saturated heterocycles. The summed E-state index contributed by atoms with van der Waals surface area (Å²) < 4.78 is 23.8. The Balaban J connectivity index is 1.33. The molecule has 3 aromatic carbocycles. The summed E-state index contributed by atoms with van der Waals surface area (Å²) in [4.78, 5) is 26.4. The van der Waals surface area contributed by atoms with Crippen LogP contribution < -0.4 is 18.9 Å². The van der Waals surface area contributed by atoms with Gasteiger partial charge in [0.25, 0.3) is 0 Å². The Hall–Kier alpha value is -4.28. The highest BCUT2D eigenvalue weighted by Gasteiger charge is 2.33. The number of thiophene rings is 1. The molecule has 0 saturated carbocycles. The third kappa shape index (κ3) is 7.24. The predicted molar refractivity (Wildman–Crippen MR) is 193 cm³/mol. The number of fused-ring (bicyclic) bond motifs is 2. The van der Waals surface area contributed by atoms with Gasteiger partial charge in [-0.25, -0.2) is 9.97 Å². The van der Waals surface area contributed by atoms with Crippen LogP contribution in [0.1, 0.15) is 50.4 Å². The topological polar surface area (TPSA) is 83.0 Å². The minimum atomic E-state index is -0.212. The molecule has 10 heteroatoms. The summed E-state index contributed by atoms with van der Waals surface area (Å²) >= 11 is 3.07. The number of nitrogens with zero attached hydrogens (tertiary/aromatic N) is 3. The molecule has 0 unspecified atom stereocenters. The van der Waals surface area contributed by atoms with Crippen LogP contribution in [0.15, 0.2) is 77.4 Å². The maximum atomic E-state index is 14.3. The Labute approximate surface area is 290 Å². The average Bonchev–Trinajstić information content (AvgIpc) is 3.55. The lowest BCUT2D eigenvalue weighted by molar-refractivity contribution is -0.131. The number of hydrogen-bond acceptors (Lipinski definition) is 9. The Bertz CT molecular complexity index is 1860. The Morgan fingerprint density at radius 3 is 2.27 bits per heavy atom. The predicted octanol–water partition coefficient (Wildman–Crippen LogP) is 8.41. The van der Waals surface area contributed by atoms with Crippen LogP contribution >= 0.6 is 23.1 Å². The van der Waals surface area contributed by atoms with Crippen molar-refractivity contribution in [3.63, 3.8) is 0 Å². The van der Waals surface area contributed by atoms with Crippen molar-refractivity contribution in [3.05, 3.63) is 89.1 Å². The van der Waals surface area contributed by atoms with Crippen molar-refractivity contribution >= 4 is 39.2 Å². The van der Waals surface area contributed by atoms with Crippen molar-refractivity contribution < 1.29 is 23.7 Å². The second kappa shape index (κ2) is 15.7. The van der Waals surface area contributed by atoms with Gasteiger partial charge in [-0.1, -0.05) is 48.2 Å². The first-order chi connectivity index (χ1) is 23.5. The molecule has 0 radical (unpaired) electrons. The summed E-state index contributed by atoms with van der Waals surface area (Å²) in [7, 11) is 0. The van der Waals surface area contributed by atoms with E-state index in [1.54, 1.807) is 17.7 Å². The average molecular weight is 684 g/mol. The van der Waals surface area contributed by atoms with Crippen LogP contribution in [0.4, 0.5) is 0 Å². The van der Waals surface area contributed by atoms with Crippen LogP contribution in [0, 0.1) is 0 Å². The molecule has 1 amide bonds. The molecule has 5 aromatic rings. The van der Waals surface area contributed by atoms with Crippen molar-refractivity contribution in [3.8, 4) is 34.1 Å². The standard InChI is InChI=1S/C38H41N3O5S2/c1-5-43-31-15-14-25(19-32(31)44-6-2)18-30-28-21-34(46-8-4)33(45-7-3)20-27(28)16-17-41(30)35(42)23-48-38-36-29(26-12-10-9-11-13-26)22-47-37(36)39-24-40-38/h9-15,19-22,24,30H,5-8,16-18,23H2,1-4H3/t30-/m0/s1. The molecule has 1 aliphatic heterocycles.